The van der Waals surface area contributed by atoms with Crippen LogP contribution in [0.3, 0.4) is 0 Å². The summed E-state index contributed by atoms with van der Waals surface area (Å²) in [6.07, 6.45) is 34.5. The van der Waals surface area contributed by atoms with E-state index in [0.29, 0.717) is 19.3 Å². The molecule has 0 aromatic heterocycles. The molecule has 0 aromatic carbocycles. The third kappa shape index (κ3) is 23.8. The Morgan fingerprint density at radius 2 is 1.20 bits per heavy atom. The monoisotopic (exact) mass is 489 g/mol. The average Bonchev–Trinajstić information content (AvgIpc) is 2.86. The van der Waals surface area contributed by atoms with Gasteiger partial charge in [0.15, 0.2) is 0 Å². The van der Waals surface area contributed by atoms with Gasteiger partial charge in [-0.05, 0) is 38.5 Å². The van der Waals surface area contributed by atoms with Gasteiger partial charge in [0.2, 0.25) is 5.91 Å². The number of carbonyl (C=O) groups is 1. The first-order valence-electron chi connectivity index (χ1n) is 14.3. The highest BCUT2D eigenvalue weighted by Gasteiger charge is 2.19. The van der Waals surface area contributed by atoms with Crippen LogP contribution in [0.1, 0.15) is 123 Å². The van der Waals surface area contributed by atoms with Crippen LogP contribution in [0, 0.1) is 0 Å². The normalized spacial score (nSPS) is 14.1. The van der Waals surface area contributed by atoms with Crippen LogP contribution in [0.5, 0.6) is 0 Å². The molecule has 0 saturated carbocycles. The summed E-state index contributed by atoms with van der Waals surface area (Å²) < 4.78 is 0. The molecule has 0 aliphatic rings. The van der Waals surface area contributed by atoms with Crippen LogP contribution >= 0.6 is 0 Å². The van der Waals surface area contributed by atoms with E-state index in [0.717, 1.165) is 38.5 Å². The number of allylic oxidation sites excluding steroid dienone is 8. The fourth-order valence-corrected chi connectivity index (χ4v) is 3.90. The van der Waals surface area contributed by atoms with E-state index in [1.165, 1.54) is 51.4 Å². The molecule has 0 bridgehead atoms. The SMILES string of the molecule is CC/C=C\C/C=C\C/C=C\C/C=C\CCC(=O)NC(CO)C(O)CCCCCCCCCCCC. The van der Waals surface area contributed by atoms with Gasteiger partial charge in [0.25, 0.3) is 0 Å². The minimum atomic E-state index is -0.685. The first-order chi connectivity index (χ1) is 17.2. The lowest BCUT2D eigenvalue weighted by Crippen LogP contribution is -2.45. The molecule has 4 heteroatoms. The number of unbranched alkanes of at least 4 members (excludes halogenated alkanes) is 9. The van der Waals surface area contributed by atoms with Gasteiger partial charge >= 0.3 is 0 Å². The number of rotatable bonds is 24. The molecular weight excluding hydrogens is 434 g/mol. The molecular formula is C31H55NO3. The van der Waals surface area contributed by atoms with Crippen LogP contribution in [0.2, 0.25) is 0 Å². The van der Waals surface area contributed by atoms with E-state index in [9.17, 15) is 15.0 Å². The molecule has 0 aromatic rings. The smallest absolute Gasteiger partial charge is 0.220 e. The van der Waals surface area contributed by atoms with Gasteiger partial charge < -0.3 is 15.5 Å². The Bertz CT molecular complexity index is 580. The second kappa shape index (κ2) is 26.9. The molecule has 0 aliphatic carbocycles. The van der Waals surface area contributed by atoms with Crippen molar-refractivity contribution in [1.82, 2.24) is 5.32 Å². The Labute approximate surface area is 216 Å². The number of carbonyl (C=O) groups excluding carboxylic acids is 1. The van der Waals surface area contributed by atoms with Crippen LogP contribution in [0.4, 0.5) is 0 Å². The summed E-state index contributed by atoms with van der Waals surface area (Å²) in [5.41, 5.74) is 0. The van der Waals surface area contributed by atoms with Crippen LogP contribution in [-0.2, 0) is 4.79 Å². The van der Waals surface area contributed by atoms with E-state index < -0.39 is 12.1 Å². The van der Waals surface area contributed by atoms with E-state index in [4.69, 9.17) is 0 Å². The molecule has 3 N–H and O–H groups in total. The zero-order valence-electron chi connectivity index (χ0n) is 22.8. The summed E-state index contributed by atoms with van der Waals surface area (Å²) >= 11 is 0. The van der Waals surface area contributed by atoms with Gasteiger partial charge in [0.05, 0.1) is 18.8 Å². The molecule has 1 amide bonds. The van der Waals surface area contributed by atoms with E-state index in [-0.39, 0.29) is 12.5 Å². The molecule has 35 heavy (non-hydrogen) atoms. The van der Waals surface area contributed by atoms with Gasteiger partial charge in [-0.3, -0.25) is 4.79 Å². The minimum Gasteiger partial charge on any atom is -0.394 e. The summed E-state index contributed by atoms with van der Waals surface area (Å²) in [4.78, 5) is 12.2. The highest BCUT2D eigenvalue weighted by atomic mass is 16.3. The lowest BCUT2D eigenvalue weighted by molar-refractivity contribution is -0.123. The Hall–Kier alpha value is -1.65. The summed E-state index contributed by atoms with van der Waals surface area (Å²) in [5, 5.41) is 22.7. The quantitative estimate of drug-likeness (QED) is 0.0960. The van der Waals surface area contributed by atoms with E-state index in [2.05, 4.69) is 61.7 Å². The lowest BCUT2D eigenvalue weighted by Gasteiger charge is -2.22. The summed E-state index contributed by atoms with van der Waals surface area (Å²) in [6.45, 7) is 4.16. The number of aliphatic hydroxyl groups is 2. The molecule has 4 nitrogen and oxygen atoms in total. The topological polar surface area (TPSA) is 69.6 Å². The number of hydrogen-bond donors (Lipinski definition) is 3. The predicted molar refractivity (Wildman–Crippen MR) is 151 cm³/mol. The maximum Gasteiger partial charge on any atom is 0.220 e. The van der Waals surface area contributed by atoms with Crippen molar-refractivity contribution in [2.75, 3.05) is 6.61 Å². The molecule has 0 fully saturated rings. The number of hydrogen-bond acceptors (Lipinski definition) is 3. The number of amides is 1. The Morgan fingerprint density at radius 1 is 0.714 bits per heavy atom. The minimum absolute atomic E-state index is 0.117. The van der Waals surface area contributed by atoms with Crippen molar-refractivity contribution in [3.63, 3.8) is 0 Å². The predicted octanol–water partition coefficient (Wildman–Crippen LogP) is 7.72. The Kier molecular flexibility index (Phi) is 25.7. The van der Waals surface area contributed by atoms with Crippen LogP contribution in [-0.4, -0.2) is 34.9 Å². The molecule has 0 spiro atoms. The second-order valence-corrected chi connectivity index (χ2v) is 9.43. The molecule has 0 heterocycles. The standard InChI is InChI=1S/C31H55NO3/c1-3-5-7-9-11-13-15-16-17-19-21-23-25-27-31(35)32-29(28-33)30(34)26-24-22-20-18-14-12-10-8-6-4-2/h5,7,11,13,16-17,21,23,29-30,33-34H,3-4,6,8-10,12,14-15,18-20,22,24-28H2,1-2H3,(H,32,35)/b7-5-,13-11-,17-16-,23-21-. The Morgan fingerprint density at radius 3 is 1.71 bits per heavy atom. The largest absolute Gasteiger partial charge is 0.394 e. The van der Waals surface area contributed by atoms with Gasteiger partial charge in [-0.2, -0.15) is 0 Å². The average molecular weight is 490 g/mol. The third-order valence-corrected chi connectivity index (χ3v) is 6.12. The van der Waals surface area contributed by atoms with Gasteiger partial charge in [0.1, 0.15) is 0 Å². The summed E-state index contributed by atoms with van der Waals surface area (Å²) in [7, 11) is 0. The van der Waals surface area contributed by atoms with Crippen molar-refractivity contribution >= 4 is 5.91 Å². The van der Waals surface area contributed by atoms with E-state index >= 15 is 0 Å². The zero-order valence-corrected chi connectivity index (χ0v) is 22.8. The maximum atomic E-state index is 12.2. The second-order valence-electron chi connectivity index (χ2n) is 9.43. The zero-order chi connectivity index (χ0) is 25.8. The fraction of sp³-hybridized carbons (Fsp3) is 0.710. The van der Waals surface area contributed by atoms with Crippen molar-refractivity contribution in [1.29, 1.82) is 0 Å². The van der Waals surface area contributed by atoms with Gasteiger partial charge in [-0.25, -0.2) is 0 Å². The van der Waals surface area contributed by atoms with Crippen molar-refractivity contribution < 1.29 is 15.0 Å². The maximum absolute atomic E-state index is 12.2. The highest BCUT2D eigenvalue weighted by Crippen LogP contribution is 2.13. The fourth-order valence-electron chi connectivity index (χ4n) is 3.90. The van der Waals surface area contributed by atoms with Crippen molar-refractivity contribution in [2.45, 2.75) is 135 Å². The third-order valence-electron chi connectivity index (χ3n) is 6.12. The molecule has 0 rings (SSSR count). The number of aliphatic hydroxyl groups excluding tert-OH is 2. The van der Waals surface area contributed by atoms with Gasteiger partial charge in [-0.15, -0.1) is 0 Å². The summed E-state index contributed by atoms with van der Waals surface area (Å²) in [5.74, 6) is -0.117. The van der Waals surface area contributed by atoms with Crippen LogP contribution in [0.15, 0.2) is 48.6 Å². The lowest BCUT2D eigenvalue weighted by atomic mass is 10.0. The van der Waals surface area contributed by atoms with Crippen LogP contribution in [0.25, 0.3) is 0 Å². The molecule has 0 radical (unpaired) electrons. The van der Waals surface area contributed by atoms with Crippen molar-refractivity contribution in [3.8, 4) is 0 Å². The first-order valence-corrected chi connectivity index (χ1v) is 14.3. The van der Waals surface area contributed by atoms with E-state index in [1.54, 1.807) is 0 Å². The van der Waals surface area contributed by atoms with Crippen molar-refractivity contribution in [3.05, 3.63) is 48.6 Å². The molecule has 0 aliphatic heterocycles. The number of nitrogens with one attached hydrogen (secondary N) is 1. The van der Waals surface area contributed by atoms with Gasteiger partial charge in [0, 0.05) is 6.42 Å². The van der Waals surface area contributed by atoms with Crippen LogP contribution < -0.4 is 5.32 Å². The molecule has 2 atom stereocenters. The molecule has 202 valence electrons. The summed E-state index contributed by atoms with van der Waals surface area (Å²) in [6, 6.07) is -0.571. The highest BCUT2D eigenvalue weighted by molar-refractivity contribution is 5.76. The van der Waals surface area contributed by atoms with Gasteiger partial charge in [-0.1, -0.05) is 127 Å². The van der Waals surface area contributed by atoms with E-state index in [1.807, 2.05) is 6.08 Å². The molecule has 0 saturated heterocycles. The molecule has 2 unspecified atom stereocenters. The Balaban J connectivity index is 3.81. The first kappa shape index (κ1) is 33.4. The van der Waals surface area contributed by atoms with Crippen molar-refractivity contribution in [2.24, 2.45) is 0 Å².